The first-order valence-electron chi connectivity index (χ1n) is 6.66. The van der Waals surface area contributed by atoms with Crippen LogP contribution in [0.3, 0.4) is 0 Å². The van der Waals surface area contributed by atoms with Crippen molar-refractivity contribution in [3.63, 3.8) is 0 Å². The van der Waals surface area contributed by atoms with Crippen molar-refractivity contribution in [1.82, 2.24) is 5.32 Å². The van der Waals surface area contributed by atoms with Crippen molar-refractivity contribution in [1.29, 1.82) is 0 Å². The molecule has 5 nitrogen and oxygen atoms in total. The number of nitrogens with one attached hydrogen (secondary N) is 2. The van der Waals surface area contributed by atoms with Crippen molar-refractivity contribution >= 4 is 17.6 Å². The summed E-state index contributed by atoms with van der Waals surface area (Å²) in [4.78, 5) is 23.9. The first-order valence-corrected chi connectivity index (χ1v) is 6.66. The number of hydrogen-bond acceptors (Lipinski definition) is 4. The molecule has 0 aliphatic heterocycles. The van der Waals surface area contributed by atoms with Crippen molar-refractivity contribution in [3.05, 3.63) is 29.8 Å². The van der Waals surface area contributed by atoms with E-state index in [1.807, 2.05) is 12.1 Å². The molecule has 0 aliphatic carbocycles. The molecule has 0 fully saturated rings. The lowest BCUT2D eigenvalue weighted by molar-refractivity contribution is -0.146. The third-order valence-corrected chi connectivity index (χ3v) is 2.86. The third kappa shape index (κ3) is 3.98. The molecular formula is C15H22N2O3. The summed E-state index contributed by atoms with van der Waals surface area (Å²) < 4.78 is 4.68. The molecule has 1 aromatic carbocycles. The summed E-state index contributed by atoms with van der Waals surface area (Å²) in [7, 11) is 1.30. The highest BCUT2D eigenvalue weighted by Gasteiger charge is 2.31. The first kappa shape index (κ1) is 16.0. The monoisotopic (exact) mass is 278 g/mol. The Morgan fingerprint density at radius 2 is 1.90 bits per heavy atom. The number of carbonyl (C=O) groups is 2. The fourth-order valence-corrected chi connectivity index (χ4v) is 1.75. The molecule has 0 atom stereocenters. The van der Waals surface area contributed by atoms with Crippen molar-refractivity contribution in [3.8, 4) is 0 Å². The van der Waals surface area contributed by atoms with Gasteiger partial charge in [-0.05, 0) is 32.4 Å². The van der Waals surface area contributed by atoms with E-state index >= 15 is 0 Å². The second-order valence-electron chi connectivity index (χ2n) is 5.04. The molecule has 110 valence electrons. The number of rotatable bonds is 6. The average Bonchev–Trinajstić information content (AvgIpc) is 2.43. The lowest BCUT2D eigenvalue weighted by atomic mass is 10.0. The van der Waals surface area contributed by atoms with Crippen LogP contribution in [-0.2, 0) is 9.53 Å². The van der Waals surface area contributed by atoms with Gasteiger partial charge >= 0.3 is 5.97 Å². The van der Waals surface area contributed by atoms with Crippen LogP contribution in [0.25, 0.3) is 0 Å². The number of esters is 1. The predicted octanol–water partition coefficient (Wildman–Crippen LogP) is 2.19. The Kier molecular flexibility index (Phi) is 5.55. The molecule has 0 heterocycles. The van der Waals surface area contributed by atoms with Gasteiger partial charge in [0, 0.05) is 12.2 Å². The summed E-state index contributed by atoms with van der Waals surface area (Å²) in [5.41, 5.74) is 0.203. The molecule has 0 aromatic heterocycles. The van der Waals surface area contributed by atoms with Gasteiger partial charge in [0.25, 0.3) is 5.91 Å². The van der Waals surface area contributed by atoms with Crippen LogP contribution >= 0.6 is 0 Å². The Morgan fingerprint density at radius 1 is 1.25 bits per heavy atom. The fourth-order valence-electron chi connectivity index (χ4n) is 1.75. The normalized spacial score (nSPS) is 10.8. The Morgan fingerprint density at radius 3 is 2.50 bits per heavy atom. The van der Waals surface area contributed by atoms with Gasteiger partial charge in [0.2, 0.25) is 0 Å². The molecule has 0 saturated heterocycles. The van der Waals surface area contributed by atoms with Gasteiger partial charge < -0.3 is 15.4 Å². The summed E-state index contributed by atoms with van der Waals surface area (Å²) >= 11 is 0. The van der Waals surface area contributed by atoms with Gasteiger partial charge in [0.05, 0.1) is 12.7 Å². The topological polar surface area (TPSA) is 67.4 Å². The molecule has 0 spiro atoms. The van der Waals surface area contributed by atoms with E-state index < -0.39 is 11.5 Å². The lowest BCUT2D eigenvalue weighted by Gasteiger charge is -2.23. The highest BCUT2D eigenvalue weighted by molar-refractivity contribution is 6.02. The van der Waals surface area contributed by atoms with Gasteiger partial charge in [-0.15, -0.1) is 0 Å². The van der Waals surface area contributed by atoms with E-state index in [0.717, 1.165) is 18.7 Å². The Bertz CT molecular complexity index is 484. The molecule has 0 aliphatic rings. The number of ether oxygens (including phenoxy) is 1. The van der Waals surface area contributed by atoms with E-state index in [1.165, 1.54) is 7.11 Å². The van der Waals surface area contributed by atoms with Crippen LogP contribution in [0.15, 0.2) is 24.3 Å². The van der Waals surface area contributed by atoms with E-state index in [2.05, 4.69) is 22.3 Å². The average molecular weight is 278 g/mol. The molecule has 0 saturated carbocycles. The van der Waals surface area contributed by atoms with Crippen molar-refractivity contribution < 1.29 is 14.3 Å². The molecule has 1 rings (SSSR count). The molecule has 0 bridgehead atoms. The maximum Gasteiger partial charge on any atom is 0.330 e. The van der Waals surface area contributed by atoms with Crippen LogP contribution in [0.5, 0.6) is 0 Å². The molecular weight excluding hydrogens is 256 g/mol. The van der Waals surface area contributed by atoms with Crippen LogP contribution in [0.1, 0.15) is 37.6 Å². The molecule has 1 aromatic rings. The number of carbonyl (C=O) groups excluding carboxylic acids is 2. The zero-order valence-electron chi connectivity index (χ0n) is 12.4. The van der Waals surface area contributed by atoms with Crippen LogP contribution in [0.2, 0.25) is 0 Å². The summed E-state index contributed by atoms with van der Waals surface area (Å²) in [6, 6.07) is 7.22. The quantitative estimate of drug-likeness (QED) is 0.783. The number of anilines is 1. The predicted molar refractivity (Wildman–Crippen MR) is 78.8 cm³/mol. The molecule has 0 unspecified atom stereocenters. The summed E-state index contributed by atoms with van der Waals surface area (Å²) in [5, 5.41) is 5.88. The van der Waals surface area contributed by atoms with E-state index in [-0.39, 0.29) is 5.91 Å². The minimum atomic E-state index is -1.07. The van der Waals surface area contributed by atoms with Crippen molar-refractivity contribution in [2.75, 3.05) is 19.0 Å². The van der Waals surface area contributed by atoms with E-state index in [0.29, 0.717) is 5.56 Å². The van der Waals surface area contributed by atoms with Crippen LogP contribution in [0, 0.1) is 0 Å². The van der Waals surface area contributed by atoms with Crippen molar-refractivity contribution in [2.24, 2.45) is 0 Å². The first-order chi connectivity index (χ1) is 9.42. The molecule has 0 radical (unpaired) electrons. The minimum Gasteiger partial charge on any atom is -0.467 e. The number of methoxy groups -OCH3 is 1. The van der Waals surface area contributed by atoms with Gasteiger partial charge in [-0.25, -0.2) is 4.79 Å². The zero-order valence-corrected chi connectivity index (χ0v) is 12.4. The SMILES string of the molecule is CCCNc1ccccc1C(=O)NC(C)(C)C(=O)OC. The lowest BCUT2D eigenvalue weighted by Crippen LogP contribution is -2.50. The Balaban J connectivity index is 2.90. The number of para-hydroxylation sites is 1. The highest BCUT2D eigenvalue weighted by Crippen LogP contribution is 2.16. The van der Waals surface area contributed by atoms with Crippen LogP contribution in [-0.4, -0.2) is 31.1 Å². The summed E-state index contributed by atoms with van der Waals surface area (Å²) in [5.74, 6) is -0.788. The Hall–Kier alpha value is -2.04. The number of hydrogen-bond donors (Lipinski definition) is 2. The largest absolute Gasteiger partial charge is 0.467 e. The van der Waals surface area contributed by atoms with Crippen molar-refractivity contribution in [2.45, 2.75) is 32.7 Å². The molecule has 2 N–H and O–H groups in total. The third-order valence-electron chi connectivity index (χ3n) is 2.86. The van der Waals surface area contributed by atoms with E-state index in [1.54, 1.807) is 26.0 Å². The maximum atomic E-state index is 12.3. The number of benzene rings is 1. The van der Waals surface area contributed by atoms with Crippen LogP contribution < -0.4 is 10.6 Å². The molecule has 5 heteroatoms. The maximum absolute atomic E-state index is 12.3. The molecule has 20 heavy (non-hydrogen) atoms. The summed E-state index contributed by atoms with van der Waals surface area (Å²) in [6.45, 7) is 6.05. The van der Waals surface area contributed by atoms with Gasteiger partial charge in [0.15, 0.2) is 0 Å². The van der Waals surface area contributed by atoms with Crippen LogP contribution in [0.4, 0.5) is 5.69 Å². The minimum absolute atomic E-state index is 0.306. The standard InChI is InChI=1S/C15H22N2O3/c1-5-10-16-12-9-7-6-8-11(12)13(18)17-15(2,3)14(19)20-4/h6-9,16H,5,10H2,1-4H3,(H,17,18). The summed E-state index contributed by atoms with van der Waals surface area (Å²) in [6.07, 6.45) is 0.962. The van der Waals surface area contributed by atoms with E-state index in [9.17, 15) is 9.59 Å². The van der Waals surface area contributed by atoms with E-state index in [4.69, 9.17) is 0 Å². The van der Waals surface area contributed by atoms with Gasteiger partial charge in [0.1, 0.15) is 5.54 Å². The number of amides is 1. The second-order valence-corrected chi connectivity index (χ2v) is 5.04. The Labute approximate surface area is 119 Å². The van der Waals surface area contributed by atoms with Gasteiger partial charge in [-0.3, -0.25) is 4.79 Å². The highest BCUT2D eigenvalue weighted by atomic mass is 16.5. The van der Waals surface area contributed by atoms with Gasteiger partial charge in [-0.1, -0.05) is 19.1 Å². The second kappa shape index (κ2) is 6.93. The van der Waals surface area contributed by atoms with Gasteiger partial charge in [-0.2, -0.15) is 0 Å². The zero-order chi connectivity index (χ0) is 15.2. The molecule has 1 amide bonds. The fraction of sp³-hybridized carbons (Fsp3) is 0.467. The smallest absolute Gasteiger partial charge is 0.330 e.